The van der Waals surface area contributed by atoms with Gasteiger partial charge in [-0.05, 0) is 42.5 Å². The summed E-state index contributed by atoms with van der Waals surface area (Å²) in [5.74, 6) is 0. The zero-order chi connectivity index (χ0) is 22.1. The minimum absolute atomic E-state index is 0. The van der Waals surface area contributed by atoms with E-state index in [9.17, 15) is 0 Å². The van der Waals surface area contributed by atoms with E-state index >= 15 is 0 Å². The number of fused-ring (bicyclic) bond motifs is 2. The van der Waals surface area contributed by atoms with Crippen LogP contribution in [-0.4, -0.2) is 19.1 Å². The standard InChI is InChI=1S/C26H22N6.ClH/c1-31(2)20-14-11-18(12-15-20)29-30-19-13-16-23-25(17-19)32(21-7-4-3-5-8-21)24-10-6-9-22(27)26(24)28-23;/h3-17,27H,1-2H3;1H. The molecule has 1 heterocycles. The molecular weight excluding hydrogens is 432 g/mol. The molecule has 0 aliphatic heterocycles. The predicted molar refractivity (Wildman–Crippen MR) is 130 cm³/mol. The lowest BCUT2D eigenvalue weighted by Crippen LogP contribution is -3.00. The Morgan fingerprint density at radius 2 is 1.45 bits per heavy atom. The van der Waals surface area contributed by atoms with Gasteiger partial charge in [-0.2, -0.15) is 10.2 Å². The molecule has 5 rings (SSSR count). The number of para-hydroxylation sites is 2. The summed E-state index contributed by atoms with van der Waals surface area (Å²) in [7, 11) is 4.03. The zero-order valence-electron chi connectivity index (χ0n) is 18.4. The van der Waals surface area contributed by atoms with Crippen molar-refractivity contribution in [1.82, 2.24) is 4.98 Å². The van der Waals surface area contributed by atoms with Crippen LogP contribution < -0.4 is 27.6 Å². The van der Waals surface area contributed by atoms with Crippen molar-refractivity contribution in [3.8, 4) is 5.69 Å². The molecule has 33 heavy (non-hydrogen) atoms. The third kappa shape index (κ3) is 4.33. The van der Waals surface area contributed by atoms with E-state index in [-0.39, 0.29) is 12.4 Å². The van der Waals surface area contributed by atoms with Gasteiger partial charge in [0.1, 0.15) is 5.52 Å². The van der Waals surface area contributed by atoms with Crippen molar-refractivity contribution >= 4 is 44.8 Å². The van der Waals surface area contributed by atoms with E-state index in [4.69, 9.17) is 10.7 Å². The summed E-state index contributed by atoms with van der Waals surface area (Å²) in [6, 6.07) is 29.9. The highest BCUT2D eigenvalue weighted by molar-refractivity contribution is 5.90. The molecule has 0 radical (unpaired) electrons. The van der Waals surface area contributed by atoms with Crippen LogP contribution in [0.4, 0.5) is 22.7 Å². The monoisotopic (exact) mass is 454 g/mol. The largest absolute Gasteiger partial charge is 1.00 e. The van der Waals surface area contributed by atoms with Crippen LogP contribution in [0.15, 0.2) is 101 Å². The molecule has 0 aliphatic rings. The number of hydrogen-bond donors (Lipinski definition) is 1. The molecule has 0 atom stereocenters. The first-order chi connectivity index (χ1) is 15.6. The van der Waals surface area contributed by atoms with E-state index in [1.165, 1.54) is 0 Å². The fraction of sp³-hybridized carbons (Fsp3) is 0.0769. The molecule has 0 spiro atoms. The Hall–Kier alpha value is -4.03. The maximum atomic E-state index is 6.25. The number of nitrogens with two attached hydrogens (primary N) is 1. The van der Waals surface area contributed by atoms with Crippen molar-refractivity contribution in [2.24, 2.45) is 10.2 Å². The molecule has 0 fully saturated rings. The average molecular weight is 455 g/mol. The van der Waals surface area contributed by atoms with Crippen LogP contribution in [-0.2, 0) is 0 Å². The van der Waals surface area contributed by atoms with E-state index < -0.39 is 0 Å². The van der Waals surface area contributed by atoms with Crippen LogP contribution in [0.2, 0.25) is 0 Å². The first-order valence-corrected chi connectivity index (χ1v) is 10.4. The SMILES string of the molecule is CN(C)c1ccc(N=Nc2ccc3nc4c(N)cccc4[n+](-c4ccccc4)c3c2)cc1.[Cl-]. The van der Waals surface area contributed by atoms with Gasteiger partial charge < -0.3 is 23.0 Å². The van der Waals surface area contributed by atoms with Crippen LogP contribution in [0.5, 0.6) is 0 Å². The van der Waals surface area contributed by atoms with E-state index in [1.54, 1.807) is 0 Å². The second-order valence-electron chi connectivity index (χ2n) is 7.78. The van der Waals surface area contributed by atoms with Crippen LogP contribution >= 0.6 is 0 Å². The van der Waals surface area contributed by atoms with E-state index in [0.29, 0.717) is 5.69 Å². The number of halogens is 1. The van der Waals surface area contributed by atoms with Gasteiger partial charge in [0.2, 0.25) is 16.7 Å². The summed E-state index contributed by atoms with van der Waals surface area (Å²) in [5.41, 5.74) is 14.1. The van der Waals surface area contributed by atoms with Crippen LogP contribution in [0.3, 0.4) is 0 Å². The molecule has 4 aromatic carbocycles. The second-order valence-corrected chi connectivity index (χ2v) is 7.78. The van der Waals surface area contributed by atoms with E-state index in [2.05, 4.69) is 31.8 Å². The smallest absolute Gasteiger partial charge is 0.239 e. The van der Waals surface area contributed by atoms with Gasteiger partial charge in [0, 0.05) is 44.0 Å². The first-order valence-electron chi connectivity index (χ1n) is 10.4. The van der Waals surface area contributed by atoms with Crippen LogP contribution in [0.25, 0.3) is 27.8 Å². The molecule has 0 unspecified atom stereocenters. The molecule has 0 amide bonds. The van der Waals surface area contributed by atoms with E-state index in [1.807, 2.05) is 93.0 Å². The third-order valence-corrected chi connectivity index (χ3v) is 5.38. The maximum Gasteiger partial charge on any atom is 0.239 e. The quantitative estimate of drug-likeness (QED) is 0.196. The maximum absolute atomic E-state index is 6.25. The fourth-order valence-electron chi connectivity index (χ4n) is 3.74. The number of benzene rings is 4. The number of aromatic nitrogens is 2. The molecule has 0 saturated carbocycles. The van der Waals surface area contributed by atoms with Crippen molar-refractivity contribution in [1.29, 1.82) is 0 Å². The Bertz CT molecular complexity index is 1450. The summed E-state index contributed by atoms with van der Waals surface area (Å²) in [4.78, 5) is 6.88. The lowest BCUT2D eigenvalue weighted by atomic mass is 10.2. The Labute approximate surface area is 198 Å². The average Bonchev–Trinajstić information content (AvgIpc) is 2.82. The fourth-order valence-corrected chi connectivity index (χ4v) is 3.74. The molecule has 7 heteroatoms. The molecular formula is C26H23ClN6. The van der Waals surface area contributed by atoms with Gasteiger partial charge in [0.25, 0.3) is 0 Å². The van der Waals surface area contributed by atoms with Gasteiger partial charge in [0.15, 0.2) is 5.52 Å². The van der Waals surface area contributed by atoms with Gasteiger partial charge in [-0.15, -0.1) is 4.57 Å². The van der Waals surface area contributed by atoms with Crippen molar-refractivity contribution < 1.29 is 17.0 Å². The predicted octanol–water partition coefficient (Wildman–Crippen LogP) is 2.73. The highest BCUT2D eigenvalue weighted by Gasteiger charge is 2.20. The normalized spacial score (nSPS) is 11.1. The van der Waals surface area contributed by atoms with Crippen molar-refractivity contribution in [3.63, 3.8) is 0 Å². The summed E-state index contributed by atoms with van der Waals surface area (Å²) < 4.78 is 2.17. The van der Waals surface area contributed by atoms with Crippen LogP contribution in [0, 0.1) is 0 Å². The number of hydrogen-bond acceptors (Lipinski definition) is 5. The van der Waals surface area contributed by atoms with E-state index in [0.717, 1.165) is 44.8 Å². The summed E-state index contributed by atoms with van der Waals surface area (Å²) >= 11 is 0. The lowest BCUT2D eigenvalue weighted by Gasteiger charge is -2.11. The van der Waals surface area contributed by atoms with Gasteiger partial charge in [-0.1, -0.05) is 24.3 Å². The van der Waals surface area contributed by atoms with Gasteiger partial charge in [-0.25, -0.2) is 4.98 Å². The molecule has 1 aromatic heterocycles. The minimum atomic E-state index is 0. The van der Waals surface area contributed by atoms with Crippen molar-refractivity contribution in [2.75, 3.05) is 24.7 Å². The van der Waals surface area contributed by atoms with Crippen molar-refractivity contribution in [3.05, 3.63) is 91.0 Å². The molecule has 0 bridgehead atoms. The number of anilines is 2. The number of azo groups is 1. The summed E-state index contributed by atoms with van der Waals surface area (Å²) in [5, 5.41) is 8.90. The van der Waals surface area contributed by atoms with Gasteiger partial charge >= 0.3 is 0 Å². The second kappa shape index (κ2) is 9.22. The third-order valence-electron chi connectivity index (χ3n) is 5.38. The van der Waals surface area contributed by atoms with Gasteiger partial charge in [-0.3, -0.25) is 0 Å². The Balaban J connectivity index is 0.00000259. The molecule has 0 aliphatic carbocycles. The highest BCUT2D eigenvalue weighted by Crippen LogP contribution is 2.26. The lowest BCUT2D eigenvalue weighted by molar-refractivity contribution is -0.538. The van der Waals surface area contributed by atoms with Crippen molar-refractivity contribution in [2.45, 2.75) is 0 Å². The molecule has 6 nitrogen and oxygen atoms in total. The zero-order valence-corrected chi connectivity index (χ0v) is 19.1. The molecule has 0 saturated heterocycles. The summed E-state index contributed by atoms with van der Waals surface area (Å²) in [6.07, 6.45) is 0. The molecule has 164 valence electrons. The first kappa shape index (κ1) is 22.2. The topological polar surface area (TPSA) is 70.8 Å². The Morgan fingerprint density at radius 3 is 2.18 bits per heavy atom. The summed E-state index contributed by atoms with van der Waals surface area (Å²) in [6.45, 7) is 0. The molecule has 2 N–H and O–H groups in total. The van der Waals surface area contributed by atoms with Gasteiger partial charge in [0.05, 0.1) is 17.1 Å². The number of nitrogen functional groups attached to an aromatic ring is 1. The van der Waals surface area contributed by atoms with Crippen LogP contribution in [0.1, 0.15) is 0 Å². The Morgan fingerprint density at radius 1 is 0.758 bits per heavy atom. The highest BCUT2D eigenvalue weighted by atomic mass is 35.5. The number of nitrogens with zero attached hydrogens (tertiary/aromatic N) is 5. The Kier molecular flexibility index (Phi) is 6.20. The number of rotatable bonds is 4. The minimum Gasteiger partial charge on any atom is -1.00 e. The molecule has 5 aromatic rings.